The van der Waals surface area contributed by atoms with E-state index in [9.17, 15) is 5.26 Å². The molecule has 0 saturated heterocycles. The number of rotatable bonds is 7. The van der Waals surface area contributed by atoms with Crippen LogP contribution < -0.4 is 0 Å². The summed E-state index contributed by atoms with van der Waals surface area (Å²) in [6, 6.07) is 0. The molecular formula is C22H36O2. The molecular weight excluding hydrogens is 296 g/mol. The van der Waals surface area contributed by atoms with Crippen LogP contribution in [0.3, 0.4) is 0 Å². The molecule has 0 spiro atoms. The monoisotopic (exact) mass is 332 g/mol. The minimum Gasteiger partial charge on any atom is -0.251 e. The van der Waals surface area contributed by atoms with Crippen LogP contribution in [0.2, 0.25) is 0 Å². The first-order valence-corrected chi connectivity index (χ1v) is 10.1. The molecule has 0 heterocycles. The quantitative estimate of drug-likeness (QED) is 0.314. The average molecular weight is 333 g/mol. The molecule has 136 valence electrons. The van der Waals surface area contributed by atoms with E-state index in [1.54, 1.807) is 16.7 Å². The summed E-state index contributed by atoms with van der Waals surface area (Å²) in [5.41, 5.74) is 6.24. The Morgan fingerprint density at radius 1 is 1.00 bits per heavy atom. The zero-order chi connectivity index (χ0) is 17.5. The normalized spacial score (nSPS) is 29.0. The summed E-state index contributed by atoms with van der Waals surface area (Å²) in [6.07, 6.45) is 15.0. The molecule has 0 aliphatic heterocycles. The third-order valence-electron chi connectivity index (χ3n) is 6.23. The van der Waals surface area contributed by atoms with Crippen LogP contribution in [0.25, 0.3) is 0 Å². The molecule has 3 atom stereocenters. The number of allylic oxidation sites excluding steroid dienone is 5. The van der Waals surface area contributed by atoms with E-state index in [2.05, 4.69) is 39.8 Å². The van der Waals surface area contributed by atoms with Crippen molar-refractivity contribution in [2.45, 2.75) is 91.6 Å². The van der Waals surface area contributed by atoms with Crippen molar-refractivity contribution >= 4 is 0 Å². The van der Waals surface area contributed by atoms with Gasteiger partial charge in [0.05, 0.1) is 0 Å². The molecule has 0 aromatic carbocycles. The zero-order valence-corrected chi connectivity index (χ0v) is 16.1. The van der Waals surface area contributed by atoms with Crippen molar-refractivity contribution in [1.29, 1.82) is 0 Å². The summed E-state index contributed by atoms with van der Waals surface area (Å²) in [4.78, 5) is 4.81. The van der Waals surface area contributed by atoms with Crippen molar-refractivity contribution in [3.63, 3.8) is 0 Å². The Labute approximate surface area is 148 Å². The largest absolute Gasteiger partial charge is 0.251 e. The van der Waals surface area contributed by atoms with Crippen LogP contribution in [0.1, 0.15) is 85.5 Å². The fraction of sp³-hybridized carbons (Fsp3) is 0.727. The molecule has 0 saturated carbocycles. The second kappa shape index (κ2) is 9.58. The molecule has 0 radical (unpaired) electrons. The highest BCUT2D eigenvalue weighted by Gasteiger charge is 2.29. The van der Waals surface area contributed by atoms with Crippen LogP contribution >= 0.6 is 0 Å². The van der Waals surface area contributed by atoms with E-state index in [0.29, 0.717) is 5.92 Å². The Balaban J connectivity index is 2.22. The standard InChI is InChI=1S/C22H36O2/c1-5-16-9-11-18(12-10-16)20(7-3)21(8-4)19-14-13-17(6-2)22(15-19)24-23/h9,13,18-19,22-23H,5-8,10-12,14-15H2,1-4H3. The Morgan fingerprint density at radius 2 is 1.67 bits per heavy atom. The minimum atomic E-state index is -0.105. The average Bonchev–Trinajstić information content (AvgIpc) is 2.65. The first-order chi connectivity index (χ1) is 11.7. The van der Waals surface area contributed by atoms with Gasteiger partial charge in [0.1, 0.15) is 6.10 Å². The molecule has 3 unspecified atom stereocenters. The van der Waals surface area contributed by atoms with Gasteiger partial charge in [-0.3, -0.25) is 5.26 Å². The summed E-state index contributed by atoms with van der Waals surface area (Å²) in [5, 5.41) is 9.30. The van der Waals surface area contributed by atoms with Crippen molar-refractivity contribution in [1.82, 2.24) is 0 Å². The summed E-state index contributed by atoms with van der Waals surface area (Å²) in [5.74, 6) is 1.26. The van der Waals surface area contributed by atoms with E-state index in [-0.39, 0.29) is 6.10 Å². The van der Waals surface area contributed by atoms with Gasteiger partial charge in [-0.2, -0.15) is 0 Å². The molecule has 2 aliphatic rings. The number of hydrogen-bond acceptors (Lipinski definition) is 2. The molecule has 0 fully saturated rings. The highest BCUT2D eigenvalue weighted by molar-refractivity contribution is 5.26. The zero-order valence-electron chi connectivity index (χ0n) is 16.1. The lowest BCUT2D eigenvalue weighted by Gasteiger charge is -2.33. The molecule has 2 aliphatic carbocycles. The predicted octanol–water partition coefficient (Wildman–Crippen LogP) is 6.84. The highest BCUT2D eigenvalue weighted by atomic mass is 17.1. The SMILES string of the molecule is CCC1=CCC(C(CC)=C(CC)C2CC=C(CC)C(OO)C2)CC1. The summed E-state index contributed by atoms with van der Waals surface area (Å²) in [7, 11) is 0. The fourth-order valence-electron chi connectivity index (χ4n) is 4.78. The molecule has 2 heteroatoms. The molecule has 24 heavy (non-hydrogen) atoms. The summed E-state index contributed by atoms with van der Waals surface area (Å²) >= 11 is 0. The van der Waals surface area contributed by atoms with Gasteiger partial charge in [0, 0.05) is 0 Å². The molecule has 2 rings (SSSR count). The lowest BCUT2D eigenvalue weighted by atomic mass is 9.74. The first kappa shape index (κ1) is 19.5. The molecule has 0 bridgehead atoms. The smallest absolute Gasteiger partial charge is 0.114 e. The summed E-state index contributed by atoms with van der Waals surface area (Å²) in [6.45, 7) is 9.04. The Hall–Kier alpha value is -0.860. The molecule has 0 aromatic rings. The maximum Gasteiger partial charge on any atom is 0.114 e. The predicted molar refractivity (Wildman–Crippen MR) is 102 cm³/mol. The van der Waals surface area contributed by atoms with Gasteiger partial charge >= 0.3 is 0 Å². The first-order valence-electron chi connectivity index (χ1n) is 10.1. The Bertz CT molecular complexity index is 498. The Morgan fingerprint density at radius 3 is 2.17 bits per heavy atom. The Kier molecular flexibility index (Phi) is 7.77. The number of hydrogen-bond donors (Lipinski definition) is 1. The molecule has 2 nitrogen and oxygen atoms in total. The van der Waals surface area contributed by atoms with Crippen molar-refractivity contribution in [2.75, 3.05) is 0 Å². The van der Waals surface area contributed by atoms with Crippen LogP contribution in [0.15, 0.2) is 34.4 Å². The van der Waals surface area contributed by atoms with Crippen molar-refractivity contribution in [3.05, 3.63) is 34.4 Å². The van der Waals surface area contributed by atoms with Gasteiger partial charge in [0.25, 0.3) is 0 Å². The van der Waals surface area contributed by atoms with E-state index in [4.69, 9.17) is 4.89 Å². The van der Waals surface area contributed by atoms with Crippen LogP contribution in [-0.4, -0.2) is 11.4 Å². The van der Waals surface area contributed by atoms with Gasteiger partial charge in [0.15, 0.2) is 0 Å². The van der Waals surface area contributed by atoms with E-state index in [1.165, 1.54) is 31.3 Å². The summed E-state index contributed by atoms with van der Waals surface area (Å²) < 4.78 is 0. The van der Waals surface area contributed by atoms with Gasteiger partial charge in [-0.1, -0.05) is 56.6 Å². The van der Waals surface area contributed by atoms with E-state index >= 15 is 0 Å². The van der Waals surface area contributed by atoms with Gasteiger partial charge in [-0.15, -0.1) is 0 Å². The highest BCUT2D eigenvalue weighted by Crippen LogP contribution is 2.40. The lowest BCUT2D eigenvalue weighted by Crippen LogP contribution is -2.25. The third kappa shape index (κ3) is 4.40. The fourth-order valence-corrected chi connectivity index (χ4v) is 4.78. The minimum absolute atomic E-state index is 0.105. The molecule has 1 N–H and O–H groups in total. The van der Waals surface area contributed by atoms with Crippen LogP contribution in [0.4, 0.5) is 0 Å². The second-order valence-electron chi connectivity index (χ2n) is 7.34. The topological polar surface area (TPSA) is 29.5 Å². The second-order valence-corrected chi connectivity index (χ2v) is 7.34. The van der Waals surface area contributed by atoms with Crippen LogP contribution in [-0.2, 0) is 4.89 Å². The maximum absolute atomic E-state index is 9.30. The molecule has 0 aromatic heterocycles. The van der Waals surface area contributed by atoms with Crippen molar-refractivity contribution in [3.8, 4) is 0 Å². The van der Waals surface area contributed by atoms with Gasteiger partial charge in [-0.05, 0) is 75.2 Å². The van der Waals surface area contributed by atoms with Gasteiger partial charge < -0.3 is 0 Å². The molecule has 0 amide bonds. The van der Waals surface area contributed by atoms with E-state index < -0.39 is 0 Å². The van der Waals surface area contributed by atoms with Crippen LogP contribution in [0, 0.1) is 11.8 Å². The van der Waals surface area contributed by atoms with Crippen LogP contribution in [0.5, 0.6) is 0 Å². The van der Waals surface area contributed by atoms with Crippen molar-refractivity contribution in [2.24, 2.45) is 11.8 Å². The maximum atomic E-state index is 9.30. The van der Waals surface area contributed by atoms with Gasteiger partial charge in [-0.25, -0.2) is 4.89 Å². The van der Waals surface area contributed by atoms with E-state index in [0.717, 1.165) is 38.0 Å². The van der Waals surface area contributed by atoms with Crippen molar-refractivity contribution < 1.29 is 10.1 Å². The third-order valence-corrected chi connectivity index (χ3v) is 6.23. The van der Waals surface area contributed by atoms with E-state index in [1.807, 2.05) is 0 Å². The van der Waals surface area contributed by atoms with Gasteiger partial charge in [0.2, 0.25) is 0 Å². The lowest BCUT2D eigenvalue weighted by molar-refractivity contribution is -0.272.